The Morgan fingerprint density at radius 1 is 0.939 bits per heavy atom. The zero-order valence-corrected chi connectivity index (χ0v) is 26.2. The van der Waals surface area contributed by atoms with Crippen molar-refractivity contribution in [3.05, 3.63) is 12.2 Å². The molecule has 0 N–H and O–H groups in total. The first kappa shape index (κ1) is 30.6. The first-order valence-corrected chi connectivity index (χ1v) is 18.6. The molecule has 33 heavy (non-hydrogen) atoms. The second-order valence-corrected chi connectivity index (χ2v) is 23.7. The average Bonchev–Trinajstić information content (AvgIpc) is 3.01. The molecule has 4 atom stereocenters. The second-order valence-electron chi connectivity index (χ2n) is 14.2. The third kappa shape index (κ3) is 8.94. The fraction of sp³-hybridized carbons (Fsp3) is 0.889. The van der Waals surface area contributed by atoms with E-state index in [4.69, 9.17) is 13.6 Å². The Kier molecular flexibility index (Phi) is 9.89. The zero-order chi connectivity index (χ0) is 26.0. The summed E-state index contributed by atoms with van der Waals surface area (Å²) in [6.45, 7) is 31.7. The van der Waals surface area contributed by atoms with E-state index in [1.807, 2.05) is 20.8 Å². The molecule has 0 amide bonds. The van der Waals surface area contributed by atoms with Crippen molar-refractivity contribution in [2.45, 2.75) is 130 Å². The normalized spacial score (nSPS) is 22.4. The average molecular weight is 499 g/mol. The molecule has 0 heterocycles. The highest BCUT2D eigenvalue weighted by molar-refractivity contribution is 6.74. The lowest BCUT2D eigenvalue weighted by Crippen LogP contribution is -2.50. The van der Waals surface area contributed by atoms with E-state index in [0.29, 0.717) is 13.0 Å². The van der Waals surface area contributed by atoms with Crippen LogP contribution in [0, 0.1) is 17.8 Å². The number of carbonyl (C=O) groups is 1. The number of esters is 1. The van der Waals surface area contributed by atoms with Crippen LogP contribution < -0.4 is 0 Å². The van der Waals surface area contributed by atoms with Crippen LogP contribution in [0.5, 0.6) is 0 Å². The molecule has 4 nitrogen and oxygen atoms in total. The maximum absolute atomic E-state index is 12.7. The molecule has 6 heteroatoms. The fourth-order valence-electron chi connectivity index (χ4n) is 3.69. The Balaban J connectivity index is 3.13. The lowest BCUT2D eigenvalue weighted by Gasteiger charge is -2.45. The van der Waals surface area contributed by atoms with E-state index in [2.05, 4.69) is 86.8 Å². The molecule has 0 spiro atoms. The van der Waals surface area contributed by atoms with Crippen LogP contribution in [0.4, 0.5) is 0 Å². The largest absolute Gasteiger partial charge is 0.460 e. The highest BCUT2D eigenvalue weighted by Gasteiger charge is 2.45. The van der Waals surface area contributed by atoms with Gasteiger partial charge in [-0.25, -0.2) is 0 Å². The van der Waals surface area contributed by atoms with Gasteiger partial charge in [-0.3, -0.25) is 4.79 Å². The van der Waals surface area contributed by atoms with Gasteiger partial charge in [0.15, 0.2) is 16.6 Å². The fourth-order valence-corrected chi connectivity index (χ4v) is 6.25. The molecule has 194 valence electrons. The van der Waals surface area contributed by atoms with Gasteiger partial charge in [0.25, 0.3) is 0 Å². The summed E-state index contributed by atoms with van der Waals surface area (Å²) in [5, 5.41) is 0.300. The van der Waals surface area contributed by atoms with Crippen LogP contribution in [0.1, 0.15) is 82.1 Å². The van der Waals surface area contributed by atoms with Crippen LogP contribution in [0.15, 0.2) is 12.2 Å². The van der Waals surface area contributed by atoms with Gasteiger partial charge in [0.05, 0.1) is 12.5 Å². The molecule has 1 aliphatic carbocycles. The van der Waals surface area contributed by atoms with Crippen molar-refractivity contribution < 1.29 is 18.4 Å². The maximum atomic E-state index is 12.7. The molecule has 1 rings (SSSR count). The van der Waals surface area contributed by atoms with Gasteiger partial charge in [0.1, 0.15) is 5.60 Å². The van der Waals surface area contributed by atoms with Gasteiger partial charge >= 0.3 is 5.97 Å². The van der Waals surface area contributed by atoms with Gasteiger partial charge in [-0.2, -0.15) is 0 Å². The summed E-state index contributed by atoms with van der Waals surface area (Å²) in [6, 6.07) is 0. The first-order chi connectivity index (χ1) is 14.6. The van der Waals surface area contributed by atoms with Gasteiger partial charge in [-0.05, 0) is 75.3 Å². The minimum absolute atomic E-state index is 0.0538. The number of carbonyl (C=O) groups excluding carboxylic acids is 1. The van der Waals surface area contributed by atoms with Gasteiger partial charge in [0.2, 0.25) is 0 Å². The van der Waals surface area contributed by atoms with Gasteiger partial charge in [-0.1, -0.05) is 60.6 Å². The smallest absolute Gasteiger partial charge is 0.306 e. The third-order valence-corrected chi connectivity index (χ3v) is 16.9. The molecule has 0 aliphatic heterocycles. The van der Waals surface area contributed by atoms with E-state index in [0.717, 1.165) is 6.42 Å². The number of ether oxygens (including phenoxy) is 1. The van der Waals surface area contributed by atoms with Crippen molar-refractivity contribution in [2.75, 3.05) is 6.61 Å². The van der Waals surface area contributed by atoms with Crippen LogP contribution in [0.25, 0.3) is 0 Å². The lowest BCUT2D eigenvalue weighted by molar-refractivity contribution is -0.156. The summed E-state index contributed by atoms with van der Waals surface area (Å²) in [6.07, 6.45) is 5.84. The molecule has 0 unspecified atom stereocenters. The van der Waals surface area contributed by atoms with Crippen LogP contribution in [0.3, 0.4) is 0 Å². The molecular weight excluding hydrogens is 444 g/mol. The van der Waals surface area contributed by atoms with Gasteiger partial charge in [0, 0.05) is 12.5 Å². The van der Waals surface area contributed by atoms with Crippen LogP contribution in [-0.2, 0) is 18.4 Å². The lowest BCUT2D eigenvalue weighted by atomic mass is 9.82. The predicted octanol–water partition coefficient (Wildman–Crippen LogP) is 7.96. The highest BCUT2D eigenvalue weighted by atomic mass is 28.4. The molecule has 0 bridgehead atoms. The molecule has 0 aromatic heterocycles. The topological polar surface area (TPSA) is 44.8 Å². The number of hydrogen-bond acceptors (Lipinski definition) is 4. The standard InChI is InChI=1S/C27H54O4Si2/c1-20(19-29-32(11,12)26(5,6)7)24(31-33(13,14)27(8,9)10)22-17-15-16-21(22)18-23(28)30-25(2,3)4/h15-16,20-22,24H,17-19H2,1-14H3/t20-,21+,22+,24+/m1/s1. The minimum atomic E-state index is -2.01. The first-order valence-electron chi connectivity index (χ1n) is 12.8. The van der Waals surface area contributed by atoms with Crippen molar-refractivity contribution in [1.29, 1.82) is 0 Å². The molecule has 0 radical (unpaired) electrons. The predicted molar refractivity (Wildman–Crippen MR) is 146 cm³/mol. The van der Waals surface area contributed by atoms with E-state index < -0.39 is 22.2 Å². The quantitative estimate of drug-likeness (QED) is 0.184. The van der Waals surface area contributed by atoms with Crippen molar-refractivity contribution in [3.8, 4) is 0 Å². The zero-order valence-electron chi connectivity index (χ0n) is 24.2. The SMILES string of the molecule is C[C@H](CO[Si](C)(C)C(C)(C)C)[C@H](O[Si](C)(C)C(C)(C)C)[C@H]1CC=C[C@H]1CC(=O)OC(C)(C)C. The Labute approximate surface area is 207 Å². The molecule has 0 aromatic carbocycles. The van der Waals surface area contributed by atoms with E-state index in [-0.39, 0.29) is 39.9 Å². The summed E-state index contributed by atoms with van der Waals surface area (Å²) in [5.74, 6) is 0.536. The summed E-state index contributed by atoms with van der Waals surface area (Å²) >= 11 is 0. The molecule has 0 aromatic rings. The van der Waals surface area contributed by atoms with Crippen LogP contribution >= 0.6 is 0 Å². The second kappa shape index (κ2) is 10.7. The number of hydrogen-bond donors (Lipinski definition) is 0. The summed E-state index contributed by atoms with van der Waals surface area (Å²) in [5.41, 5.74) is -0.462. The van der Waals surface area contributed by atoms with Gasteiger partial charge in [-0.15, -0.1) is 0 Å². The maximum Gasteiger partial charge on any atom is 0.306 e. The third-order valence-electron chi connectivity index (χ3n) is 7.90. The Morgan fingerprint density at radius 2 is 1.45 bits per heavy atom. The van der Waals surface area contributed by atoms with E-state index >= 15 is 0 Å². The Bertz CT molecular complexity index is 678. The molecule has 0 saturated heterocycles. The van der Waals surface area contributed by atoms with Gasteiger partial charge < -0.3 is 13.6 Å². The van der Waals surface area contributed by atoms with E-state index in [1.165, 1.54) is 0 Å². The Morgan fingerprint density at radius 3 is 1.91 bits per heavy atom. The van der Waals surface area contributed by atoms with E-state index in [9.17, 15) is 4.79 Å². The summed E-state index contributed by atoms with van der Waals surface area (Å²) in [7, 11) is -3.86. The van der Waals surface area contributed by atoms with Crippen molar-refractivity contribution >= 4 is 22.6 Å². The summed E-state index contributed by atoms with van der Waals surface area (Å²) in [4.78, 5) is 12.7. The highest BCUT2D eigenvalue weighted by Crippen LogP contribution is 2.43. The van der Waals surface area contributed by atoms with Crippen molar-refractivity contribution in [2.24, 2.45) is 17.8 Å². The van der Waals surface area contributed by atoms with Crippen LogP contribution in [0.2, 0.25) is 36.3 Å². The number of rotatable bonds is 9. The summed E-state index contributed by atoms with van der Waals surface area (Å²) < 4.78 is 19.4. The molecule has 1 aliphatic rings. The molecular formula is C27H54O4Si2. The Hall–Kier alpha value is -0.436. The van der Waals surface area contributed by atoms with Crippen LogP contribution in [-0.4, -0.2) is 40.9 Å². The molecule has 0 saturated carbocycles. The van der Waals surface area contributed by atoms with Crippen molar-refractivity contribution in [1.82, 2.24) is 0 Å². The van der Waals surface area contributed by atoms with E-state index in [1.54, 1.807) is 0 Å². The number of allylic oxidation sites excluding steroid dienone is 2. The van der Waals surface area contributed by atoms with Crippen molar-refractivity contribution in [3.63, 3.8) is 0 Å². The minimum Gasteiger partial charge on any atom is -0.460 e. The molecule has 0 fully saturated rings. The monoisotopic (exact) mass is 498 g/mol.